The van der Waals surface area contributed by atoms with Crippen LogP contribution >= 0.6 is 43.6 Å². The molecule has 28 heavy (non-hydrogen) atoms. The monoisotopic (exact) mass is 523 g/mol. The van der Waals surface area contributed by atoms with E-state index >= 15 is 0 Å². The van der Waals surface area contributed by atoms with E-state index < -0.39 is 4.75 Å². The van der Waals surface area contributed by atoms with Crippen LogP contribution in [0.5, 0.6) is 5.75 Å². The SMILES string of the molecule is Cc1ccc(S[C@]2(CN3CCCC3)COc3c(cc(Br)c(C)c3Br)C2=O)cc1. The minimum Gasteiger partial charge on any atom is -0.490 e. The molecule has 0 saturated carbocycles. The highest BCUT2D eigenvalue weighted by molar-refractivity contribution is 9.11. The Bertz CT molecular complexity index is 910. The molecule has 2 aliphatic heterocycles. The first-order valence-corrected chi connectivity index (χ1v) is 11.9. The number of hydrogen-bond acceptors (Lipinski definition) is 4. The van der Waals surface area contributed by atoms with Gasteiger partial charge in [0.15, 0.2) is 5.78 Å². The first kappa shape index (κ1) is 20.5. The number of rotatable bonds is 4. The highest BCUT2D eigenvalue weighted by Gasteiger charge is 2.47. The van der Waals surface area contributed by atoms with Gasteiger partial charge in [0.25, 0.3) is 0 Å². The Kier molecular flexibility index (Phi) is 5.94. The minimum atomic E-state index is -0.638. The summed E-state index contributed by atoms with van der Waals surface area (Å²) in [6, 6.07) is 10.3. The molecule has 148 valence electrons. The summed E-state index contributed by atoms with van der Waals surface area (Å²) in [6.07, 6.45) is 2.40. The number of hydrogen-bond donors (Lipinski definition) is 0. The molecule has 0 amide bonds. The summed E-state index contributed by atoms with van der Waals surface area (Å²) in [4.78, 5) is 17.4. The van der Waals surface area contributed by atoms with Gasteiger partial charge in [0.05, 0.1) is 10.0 Å². The topological polar surface area (TPSA) is 29.5 Å². The van der Waals surface area contributed by atoms with Gasteiger partial charge in [-0.2, -0.15) is 0 Å². The summed E-state index contributed by atoms with van der Waals surface area (Å²) in [5, 5.41) is 0. The lowest BCUT2D eigenvalue weighted by Crippen LogP contribution is -2.52. The molecule has 2 heterocycles. The van der Waals surface area contributed by atoms with Crippen LogP contribution in [0.3, 0.4) is 0 Å². The van der Waals surface area contributed by atoms with Crippen LogP contribution in [-0.4, -0.2) is 41.7 Å². The van der Waals surface area contributed by atoms with E-state index in [0.29, 0.717) is 24.5 Å². The normalized spacial score (nSPS) is 22.2. The van der Waals surface area contributed by atoms with Crippen LogP contribution < -0.4 is 4.74 Å². The number of Topliss-reactive ketones (excluding diaryl/α,β-unsaturated/α-hetero) is 1. The fourth-order valence-corrected chi connectivity index (χ4v) is 6.39. The third-order valence-corrected chi connectivity index (χ3v) is 8.63. The van der Waals surface area contributed by atoms with Crippen molar-refractivity contribution in [3.8, 4) is 5.75 Å². The Morgan fingerprint density at radius 1 is 1.14 bits per heavy atom. The zero-order valence-corrected chi connectivity index (χ0v) is 20.0. The number of ether oxygens (including phenoxy) is 1. The second-order valence-electron chi connectivity index (χ2n) is 7.68. The molecule has 1 fully saturated rings. The molecule has 0 aromatic heterocycles. The third kappa shape index (κ3) is 3.81. The number of nitrogens with zero attached hydrogens (tertiary/aromatic N) is 1. The maximum Gasteiger partial charge on any atom is 0.187 e. The molecule has 3 nitrogen and oxygen atoms in total. The first-order valence-electron chi connectivity index (χ1n) is 9.54. The molecule has 1 atom stereocenters. The van der Waals surface area contributed by atoms with E-state index in [1.807, 2.05) is 13.0 Å². The molecule has 6 heteroatoms. The second kappa shape index (κ2) is 8.13. The Labute approximate surface area is 187 Å². The molecule has 1 saturated heterocycles. The fourth-order valence-electron chi connectivity index (χ4n) is 3.86. The Morgan fingerprint density at radius 2 is 1.82 bits per heavy atom. The van der Waals surface area contributed by atoms with E-state index in [2.05, 4.69) is 67.9 Å². The maximum absolute atomic E-state index is 13.8. The van der Waals surface area contributed by atoms with E-state index in [9.17, 15) is 4.79 Å². The molecule has 0 unspecified atom stereocenters. The van der Waals surface area contributed by atoms with Gasteiger partial charge >= 0.3 is 0 Å². The highest BCUT2D eigenvalue weighted by Crippen LogP contribution is 2.46. The largest absolute Gasteiger partial charge is 0.490 e. The number of thioether (sulfide) groups is 1. The number of carbonyl (C=O) groups excluding carboxylic acids is 1. The summed E-state index contributed by atoms with van der Waals surface area (Å²) in [5.74, 6) is 0.833. The van der Waals surface area contributed by atoms with E-state index in [4.69, 9.17) is 4.74 Å². The molecule has 0 spiro atoms. The Balaban J connectivity index is 1.75. The number of fused-ring (bicyclic) bond motifs is 1. The van der Waals surface area contributed by atoms with E-state index in [1.54, 1.807) is 11.8 Å². The van der Waals surface area contributed by atoms with E-state index in [0.717, 1.165) is 32.5 Å². The molecule has 0 bridgehead atoms. The van der Waals surface area contributed by atoms with Gasteiger partial charge in [-0.05, 0) is 79.5 Å². The van der Waals surface area contributed by atoms with Crippen LogP contribution in [0.4, 0.5) is 0 Å². The van der Waals surface area contributed by atoms with Crippen LogP contribution in [-0.2, 0) is 0 Å². The first-order chi connectivity index (χ1) is 13.4. The lowest BCUT2D eigenvalue weighted by atomic mass is 9.92. The molecule has 2 aromatic carbocycles. The predicted molar refractivity (Wildman–Crippen MR) is 122 cm³/mol. The van der Waals surface area contributed by atoms with Crippen molar-refractivity contribution < 1.29 is 9.53 Å². The lowest BCUT2D eigenvalue weighted by molar-refractivity contribution is 0.0831. The van der Waals surface area contributed by atoms with Crippen LogP contribution in [0.15, 0.2) is 44.2 Å². The van der Waals surface area contributed by atoms with Gasteiger partial charge in [-0.25, -0.2) is 0 Å². The quantitative estimate of drug-likeness (QED) is 0.488. The molecule has 0 radical (unpaired) electrons. The number of carbonyl (C=O) groups is 1. The number of likely N-dealkylation sites (tertiary alicyclic amines) is 1. The van der Waals surface area contributed by atoms with Crippen LogP contribution in [0.25, 0.3) is 0 Å². The fraction of sp³-hybridized carbons (Fsp3) is 0.409. The van der Waals surface area contributed by atoms with Crippen LogP contribution in [0.2, 0.25) is 0 Å². The average molecular weight is 525 g/mol. The molecular weight excluding hydrogens is 502 g/mol. The molecule has 2 aromatic rings. The average Bonchev–Trinajstić information content (AvgIpc) is 3.18. The summed E-state index contributed by atoms with van der Waals surface area (Å²) >= 11 is 8.87. The van der Waals surface area contributed by atoms with Gasteiger partial charge in [0, 0.05) is 15.9 Å². The van der Waals surface area contributed by atoms with Crippen LogP contribution in [0, 0.1) is 13.8 Å². The smallest absolute Gasteiger partial charge is 0.187 e. The number of halogens is 2. The standard InChI is InChI=1S/C22H23Br2NO2S/c1-14-5-7-16(8-6-14)28-22(12-25-9-3-4-10-25)13-27-20-17(21(22)26)11-18(23)15(2)19(20)24/h5-8,11H,3-4,9-10,12-13H2,1-2H3/t22-/m1/s1. The van der Waals surface area contributed by atoms with Crippen molar-refractivity contribution in [2.75, 3.05) is 26.2 Å². The molecule has 0 aliphatic carbocycles. The second-order valence-corrected chi connectivity index (χ2v) is 10.8. The predicted octanol–water partition coefficient (Wildman–Crippen LogP) is 6.03. The van der Waals surface area contributed by atoms with Crippen molar-refractivity contribution in [1.29, 1.82) is 0 Å². The summed E-state index contributed by atoms with van der Waals surface area (Å²) in [6.45, 7) is 7.29. The number of ketones is 1. The van der Waals surface area contributed by atoms with E-state index in [1.165, 1.54) is 18.4 Å². The summed E-state index contributed by atoms with van der Waals surface area (Å²) < 4.78 is 7.39. The Hall–Kier alpha value is -0.820. The van der Waals surface area contributed by atoms with E-state index in [-0.39, 0.29) is 5.78 Å². The van der Waals surface area contributed by atoms with Crippen molar-refractivity contribution >= 4 is 49.4 Å². The Morgan fingerprint density at radius 3 is 2.50 bits per heavy atom. The van der Waals surface area contributed by atoms with Crippen molar-refractivity contribution in [2.45, 2.75) is 36.3 Å². The molecular formula is C22H23Br2NO2S. The third-order valence-electron chi connectivity index (χ3n) is 5.52. The van der Waals surface area contributed by atoms with Crippen molar-refractivity contribution in [2.24, 2.45) is 0 Å². The highest BCUT2D eigenvalue weighted by atomic mass is 79.9. The van der Waals surface area contributed by atoms with Crippen LogP contribution in [0.1, 0.15) is 34.3 Å². The molecule has 2 aliphatic rings. The molecule has 0 N–H and O–H groups in total. The van der Waals surface area contributed by atoms with Gasteiger partial charge < -0.3 is 9.64 Å². The van der Waals surface area contributed by atoms with Crippen molar-refractivity contribution in [1.82, 2.24) is 4.90 Å². The summed E-state index contributed by atoms with van der Waals surface area (Å²) in [7, 11) is 0. The van der Waals surface area contributed by atoms with Gasteiger partial charge in [-0.15, -0.1) is 11.8 Å². The van der Waals surface area contributed by atoms with Crippen molar-refractivity contribution in [3.05, 3.63) is 56.0 Å². The number of aryl methyl sites for hydroxylation is 1. The molecule has 4 rings (SSSR count). The zero-order chi connectivity index (χ0) is 19.9. The van der Waals surface area contributed by atoms with Crippen molar-refractivity contribution in [3.63, 3.8) is 0 Å². The maximum atomic E-state index is 13.8. The van der Waals surface area contributed by atoms with Gasteiger partial charge in [-0.3, -0.25) is 4.79 Å². The van der Waals surface area contributed by atoms with Gasteiger partial charge in [0.2, 0.25) is 0 Å². The lowest BCUT2D eigenvalue weighted by Gasteiger charge is -2.39. The number of benzene rings is 2. The van der Waals surface area contributed by atoms with Gasteiger partial charge in [0.1, 0.15) is 17.1 Å². The minimum absolute atomic E-state index is 0.160. The zero-order valence-electron chi connectivity index (χ0n) is 16.1. The van der Waals surface area contributed by atoms with Gasteiger partial charge in [-0.1, -0.05) is 33.6 Å². The summed E-state index contributed by atoms with van der Waals surface area (Å²) in [5.41, 5.74) is 2.93.